The molecule has 0 radical (unpaired) electrons. The molecule has 4 rings (SSSR count). The van der Waals surface area contributed by atoms with Crippen molar-refractivity contribution < 1.29 is 19.0 Å². The Labute approximate surface area is 219 Å². The summed E-state index contributed by atoms with van der Waals surface area (Å²) in [6.07, 6.45) is 3.70. The normalized spacial score (nSPS) is 14.7. The van der Waals surface area contributed by atoms with Gasteiger partial charge in [0.05, 0.1) is 37.2 Å². The van der Waals surface area contributed by atoms with E-state index in [0.717, 1.165) is 29.7 Å². The van der Waals surface area contributed by atoms with Crippen LogP contribution in [0.5, 0.6) is 11.5 Å². The van der Waals surface area contributed by atoms with Gasteiger partial charge in [-0.2, -0.15) is 5.26 Å². The van der Waals surface area contributed by atoms with Gasteiger partial charge in [0.15, 0.2) is 17.1 Å². The molecule has 2 aromatic carbocycles. The van der Waals surface area contributed by atoms with Crippen molar-refractivity contribution in [2.45, 2.75) is 19.8 Å². The molecule has 9 heteroatoms. The standard InChI is InChI=1S/C28H29N3O5S/c1-3-4-14-36-23-11-10-20(17-24(23)34-2)18-25-27(33)31(21-8-6-5-7-9-21)28(37-25)22(19-29)26(32)30-12-15-35-16-13-30/h5-11,17-18H,3-4,12-16H2,1-2H3. The van der Waals surface area contributed by atoms with Gasteiger partial charge in [-0.1, -0.05) is 37.6 Å². The van der Waals surface area contributed by atoms with Gasteiger partial charge >= 0.3 is 0 Å². The van der Waals surface area contributed by atoms with Gasteiger partial charge in [-0.3, -0.25) is 14.2 Å². The fraction of sp³-hybridized carbons (Fsp3) is 0.321. The smallest absolute Gasteiger partial charge is 0.273 e. The van der Waals surface area contributed by atoms with Crippen LogP contribution in [0.4, 0.5) is 0 Å². The monoisotopic (exact) mass is 519 g/mol. The number of nitriles is 1. The third-order valence-electron chi connectivity index (χ3n) is 5.92. The van der Waals surface area contributed by atoms with E-state index in [4.69, 9.17) is 14.2 Å². The second kappa shape index (κ2) is 12.4. The molecule has 2 heterocycles. The molecule has 0 saturated carbocycles. The lowest BCUT2D eigenvalue weighted by atomic mass is 10.2. The minimum absolute atomic E-state index is 0.0650. The van der Waals surface area contributed by atoms with Crippen LogP contribution in [0.15, 0.2) is 53.3 Å². The molecular weight excluding hydrogens is 490 g/mol. The second-order valence-electron chi connectivity index (χ2n) is 8.40. The molecule has 3 aromatic rings. The molecule has 0 spiro atoms. The van der Waals surface area contributed by atoms with Gasteiger partial charge in [-0.15, -0.1) is 11.3 Å². The van der Waals surface area contributed by atoms with E-state index in [-0.39, 0.29) is 11.1 Å². The van der Waals surface area contributed by atoms with Crippen molar-refractivity contribution in [3.05, 3.63) is 73.6 Å². The zero-order valence-corrected chi connectivity index (χ0v) is 21.8. The first-order valence-electron chi connectivity index (χ1n) is 12.2. The van der Waals surface area contributed by atoms with Crippen LogP contribution in [0, 0.1) is 11.3 Å². The Morgan fingerprint density at radius 1 is 1.16 bits per heavy atom. The molecule has 8 nitrogen and oxygen atoms in total. The van der Waals surface area contributed by atoms with Gasteiger partial charge in [0.25, 0.3) is 11.5 Å². The molecular formula is C28H29N3O5S. The number of hydrogen-bond donors (Lipinski definition) is 0. The number of ether oxygens (including phenoxy) is 3. The van der Waals surface area contributed by atoms with Crippen LogP contribution in [0.25, 0.3) is 17.3 Å². The maximum Gasteiger partial charge on any atom is 0.273 e. The topological polar surface area (TPSA) is 93.8 Å². The van der Waals surface area contributed by atoms with Gasteiger partial charge < -0.3 is 19.1 Å². The van der Waals surface area contributed by atoms with E-state index in [1.54, 1.807) is 36.3 Å². The molecule has 1 aromatic heterocycles. The van der Waals surface area contributed by atoms with E-state index in [9.17, 15) is 14.9 Å². The van der Waals surface area contributed by atoms with Crippen LogP contribution in [0.3, 0.4) is 0 Å². The van der Waals surface area contributed by atoms with Gasteiger partial charge in [0.1, 0.15) is 10.7 Å². The van der Waals surface area contributed by atoms with E-state index >= 15 is 0 Å². The van der Waals surface area contributed by atoms with Crippen LogP contribution < -0.4 is 24.2 Å². The van der Waals surface area contributed by atoms with Crippen LogP contribution in [0.2, 0.25) is 0 Å². The number of carbonyl (C=O) groups is 1. The number of rotatable bonds is 8. The zero-order valence-electron chi connectivity index (χ0n) is 20.9. The lowest BCUT2D eigenvalue weighted by Crippen LogP contribution is -2.42. The number of morpholine rings is 1. The number of unbranched alkanes of at least 4 members (excludes halogenated alkanes) is 1. The van der Waals surface area contributed by atoms with E-state index in [0.29, 0.717) is 59.3 Å². The molecule has 1 fully saturated rings. The minimum atomic E-state index is -0.404. The zero-order chi connectivity index (χ0) is 26.2. The van der Waals surface area contributed by atoms with Crippen molar-refractivity contribution in [3.63, 3.8) is 0 Å². The van der Waals surface area contributed by atoms with Crippen molar-refractivity contribution >= 4 is 28.9 Å². The summed E-state index contributed by atoms with van der Waals surface area (Å²) in [6, 6.07) is 16.6. The summed E-state index contributed by atoms with van der Waals surface area (Å²) < 4.78 is 18.8. The fourth-order valence-corrected chi connectivity index (χ4v) is 5.04. The minimum Gasteiger partial charge on any atom is -0.493 e. The predicted molar refractivity (Wildman–Crippen MR) is 143 cm³/mol. The van der Waals surface area contributed by atoms with Gasteiger partial charge in [0, 0.05) is 13.1 Å². The molecule has 0 N–H and O–H groups in total. The molecule has 0 bridgehead atoms. The number of thiazole rings is 1. The molecule has 0 aliphatic carbocycles. The summed E-state index contributed by atoms with van der Waals surface area (Å²) in [5, 5.41) is 10.0. The summed E-state index contributed by atoms with van der Waals surface area (Å²) in [5.74, 6) is 0.799. The van der Waals surface area contributed by atoms with Crippen LogP contribution in [0.1, 0.15) is 25.3 Å². The molecule has 37 heavy (non-hydrogen) atoms. The fourth-order valence-electron chi connectivity index (χ4n) is 3.94. The van der Waals surface area contributed by atoms with E-state index in [1.165, 1.54) is 4.57 Å². The number of amides is 1. The summed E-state index contributed by atoms with van der Waals surface area (Å²) in [7, 11) is 1.57. The van der Waals surface area contributed by atoms with Crippen molar-refractivity contribution in [1.82, 2.24) is 9.47 Å². The molecule has 1 aliphatic heterocycles. The van der Waals surface area contributed by atoms with Crippen molar-refractivity contribution in [1.29, 1.82) is 5.26 Å². The molecule has 0 unspecified atom stereocenters. The largest absolute Gasteiger partial charge is 0.493 e. The first-order valence-corrected chi connectivity index (χ1v) is 13.0. The Morgan fingerprint density at radius 2 is 1.92 bits per heavy atom. The van der Waals surface area contributed by atoms with Gasteiger partial charge in [0.2, 0.25) is 0 Å². The lowest BCUT2D eigenvalue weighted by Gasteiger charge is -2.26. The third kappa shape index (κ3) is 5.93. The number of aromatic nitrogens is 1. The third-order valence-corrected chi connectivity index (χ3v) is 7.01. The maximum absolute atomic E-state index is 13.6. The lowest BCUT2D eigenvalue weighted by molar-refractivity contribution is -0.128. The highest BCUT2D eigenvalue weighted by Gasteiger charge is 2.24. The summed E-state index contributed by atoms with van der Waals surface area (Å²) in [4.78, 5) is 28.5. The maximum atomic E-state index is 13.6. The average molecular weight is 520 g/mol. The van der Waals surface area contributed by atoms with Crippen LogP contribution in [-0.4, -0.2) is 55.4 Å². The molecule has 1 aliphatic rings. The summed E-state index contributed by atoms with van der Waals surface area (Å²) >= 11 is 1.12. The molecule has 192 valence electrons. The SMILES string of the molecule is CCCCOc1ccc(C=c2sc(=C(C#N)C(=O)N3CCOCC3)n(-c3ccccc3)c2=O)cc1OC. The first-order chi connectivity index (χ1) is 18.1. The van der Waals surface area contributed by atoms with E-state index in [1.807, 2.05) is 30.3 Å². The van der Waals surface area contributed by atoms with E-state index < -0.39 is 5.91 Å². The molecule has 1 amide bonds. The predicted octanol–water partition coefficient (Wildman–Crippen LogP) is 2.45. The van der Waals surface area contributed by atoms with Crippen LogP contribution in [-0.2, 0) is 9.53 Å². The Balaban J connectivity index is 1.86. The number of carbonyl (C=O) groups excluding carboxylic acids is 1. The number of hydrogen-bond acceptors (Lipinski definition) is 7. The highest BCUT2D eigenvalue weighted by atomic mass is 32.1. The average Bonchev–Trinajstić information content (AvgIpc) is 3.25. The number of benzene rings is 2. The van der Waals surface area contributed by atoms with Crippen molar-refractivity contribution in [2.75, 3.05) is 40.0 Å². The van der Waals surface area contributed by atoms with Crippen LogP contribution >= 0.6 is 11.3 Å². The van der Waals surface area contributed by atoms with E-state index in [2.05, 4.69) is 13.0 Å². The second-order valence-corrected chi connectivity index (χ2v) is 9.43. The summed E-state index contributed by atoms with van der Waals surface area (Å²) in [6.45, 7) is 4.32. The molecule has 1 saturated heterocycles. The van der Waals surface area contributed by atoms with Gasteiger partial charge in [-0.05, 0) is 42.3 Å². The first kappa shape index (κ1) is 26.2. The Kier molecular flexibility index (Phi) is 8.77. The number of nitrogens with zero attached hydrogens (tertiary/aromatic N) is 3. The van der Waals surface area contributed by atoms with Crippen molar-refractivity contribution in [3.8, 4) is 23.3 Å². The number of para-hydroxylation sites is 1. The Morgan fingerprint density at radius 3 is 2.59 bits per heavy atom. The van der Waals surface area contributed by atoms with Gasteiger partial charge in [-0.25, -0.2) is 0 Å². The van der Waals surface area contributed by atoms with Crippen molar-refractivity contribution in [2.24, 2.45) is 0 Å². The highest BCUT2D eigenvalue weighted by Crippen LogP contribution is 2.28. The quantitative estimate of drug-likeness (QED) is 0.425. The Hall–Kier alpha value is -3.87. The molecule has 0 atom stereocenters. The summed E-state index contributed by atoms with van der Waals surface area (Å²) in [5.41, 5.74) is 0.946. The number of methoxy groups -OCH3 is 1. The Bertz CT molecular complexity index is 1460. The highest BCUT2D eigenvalue weighted by molar-refractivity contribution is 7.07.